The third-order valence-electron chi connectivity index (χ3n) is 4.60. The maximum Gasteiger partial charge on any atom is 0.0580 e. The first kappa shape index (κ1) is 15.3. The second kappa shape index (κ2) is 8.23. The first-order chi connectivity index (χ1) is 9.33. The van der Waals surface area contributed by atoms with Gasteiger partial charge in [0.2, 0.25) is 0 Å². The topological polar surface area (TPSA) is 30.5 Å². The molecule has 0 aromatic rings. The second-order valence-corrected chi connectivity index (χ2v) is 6.19. The van der Waals surface area contributed by atoms with Gasteiger partial charge in [-0.05, 0) is 63.8 Å². The van der Waals surface area contributed by atoms with Crippen molar-refractivity contribution in [2.75, 3.05) is 26.4 Å². The minimum Gasteiger partial charge on any atom is -0.381 e. The summed E-state index contributed by atoms with van der Waals surface area (Å²) in [5, 5.41) is 3.76. The summed E-state index contributed by atoms with van der Waals surface area (Å²) in [6.45, 7) is 8.28. The maximum absolute atomic E-state index is 5.67. The van der Waals surface area contributed by atoms with Gasteiger partial charge in [-0.3, -0.25) is 0 Å². The summed E-state index contributed by atoms with van der Waals surface area (Å²) in [5.41, 5.74) is 0. The predicted molar refractivity (Wildman–Crippen MR) is 78.4 cm³/mol. The summed E-state index contributed by atoms with van der Waals surface area (Å²) < 4.78 is 11.3. The molecule has 1 aliphatic carbocycles. The molecule has 1 heterocycles. The van der Waals surface area contributed by atoms with Gasteiger partial charge in [-0.2, -0.15) is 0 Å². The van der Waals surface area contributed by atoms with Gasteiger partial charge in [-0.15, -0.1) is 0 Å². The average molecular weight is 269 g/mol. The molecule has 1 saturated heterocycles. The highest BCUT2D eigenvalue weighted by Gasteiger charge is 2.34. The minimum atomic E-state index is 0.546. The van der Waals surface area contributed by atoms with Crippen LogP contribution in [0.3, 0.4) is 0 Å². The van der Waals surface area contributed by atoms with Gasteiger partial charge in [0.25, 0.3) is 0 Å². The fraction of sp³-hybridized carbons (Fsp3) is 1.00. The van der Waals surface area contributed by atoms with E-state index in [1.807, 2.05) is 0 Å². The largest absolute Gasteiger partial charge is 0.381 e. The van der Waals surface area contributed by atoms with Crippen molar-refractivity contribution in [3.8, 4) is 0 Å². The Bertz CT molecular complexity index is 235. The molecule has 0 bridgehead atoms. The Labute approximate surface area is 118 Å². The average Bonchev–Trinajstić information content (AvgIpc) is 2.41. The molecule has 0 amide bonds. The first-order valence-electron chi connectivity index (χ1n) is 8.26. The van der Waals surface area contributed by atoms with Crippen LogP contribution in [0.2, 0.25) is 0 Å². The van der Waals surface area contributed by atoms with Crippen molar-refractivity contribution < 1.29 is 9.47 Å². The van der Waals surface area contributed by atoms with E-state index in [4.69, 9.17) is 9.47 Å². The zero-order valence-electron chi connectivity index (χ0n) is 12.7. The molecule has 2 rings (SSSR count). The number of hydrogen-bond donors (Lipinski definition) is 1. The van der Waals surface area contributed by atoms with Crippen molar-refractivity contribution >= 4 is 0 Å². The van der Waals surface area contributed by atoms with Crippen LogP contribution in [0.4, 0.5) is 0 Å². The molecule has 2 fully saturated rings. The Balaban J connectivity index is 1.74. The van der Waals surface area contributed by atoms with Crippen LogP contribution in [0.15, 0.2) is 0 Å². The van der Waals surface area contributed by atoms with Crippen molar-refractivity contribution in [2.45, 2.75) is 64.5 Å². The zero-order chi connectivity index (χ0) is 13.5. The molecule has 2 atom stereocenters. The molecule has 112 valence electrons. The zero-order valence-corrected chi connectivity index (χ0v) is 12.7. The van der Waals surface area contributed by atoms with E-state index in [-0.39, 0.29) is 0 Å². The highest BCUT2D eigenvalue weighted by molar-refractivity contribution is 4.87. The lowest BCUT2D eigenvalue weighted by molar-refractivity contribution is -0.0352. The van der Waals surface area contributed by atoms with Crippen molar-refractivity contribution in [3.63, 3.8) is 0 Å². The normalized spacial score (nSPS) is 32.8. The molecule has 3 heteroatoms. The van der Waals surface area contributed by atoms with Crippen LogP contribution in [0.5, 0.6) is 0 Å². The molecule has 0 spiro atoms. The van der Waals surface area contributed by atoms with E-state index in [1.54, 1.807) is 0 Å². The monoisotopic (exact) mass is 269 g/mol. The molecule has 0 aromatic carbocycles. The Morgan fingerprint density at radius 1 is 1.32 bits per heavy atom. The molecule has 1 aliphatic heterocycles. The quantitative estimate of drug-likeness (QED) is 0.735. The van der Waals surface area contributed by atoms with Crippen LogP contribution in [-0.4, -0.2) is 38.5 Å². The number of rotatable bonds is 8. The highest BCUT2D eigenvalue weighted by atomic mass is 16.5. The summed E-state index contributed by atoms with van der Waals surface area (Å²) >= 11 is 0. The van der Waals surface area contributed by atoms with Gasteiger partial charge >= 0.3 is 0 Å². The third-order valence-corrected chi connectivity index (χ3v) is 4.60. The lowest BCUT2D eigenvalue weighted by Gasteiger charge is -2.40. The smallest absolute Gasteiger partial charge is 0.0580 e. The molecule has 2 unspecified atom stereocenters. The van der Waals surface area contributed by atoms with E-state index in [0.29, 0.717) is 12.1 Å². The van der Waals surface area contributed by atoms with Gasteiger partial charge in [0.15, 0.2) is 0 Å². The SMILES string of the molecule is CCCNC(CC1CC(OCC)C1)C1CCCOC1. The minimum absolute atomic E-state index is 0.546. The van der Waals surface area contributed by atoms with Crippen molar-refractivity contribution in [3.05, 3.63) is 0 Å². The van der Waals surface area contributed by atoms with Crippen molar-refractivity contribution in [1.82, 2.24) is 5.32 Å². The van der Waals surface area contributed by atoms with Gasteiger partial charge in [0.1, 0.15) is 0 Å². The fourth-order valence-electron chi connectivity index (χ4n) is 3.45. The molecule has 0 aromatic heterocycles. The molecule has 3 nitrogen and oxygen atoms in total. The predicted octanol–water partition coefficient (Wildman–Crippen LogP) is 2.99. The van der Waals surface area contributed by atoms with Gasteiger partial charge in [0.05, 0.1) is 12.7 Å². The van der Waals surface area contributed by atoms with Gasteiger partial charge in [0, 0.05) is 19.3 Å². The summed E-state index contributed by atoms with van der Waals surface area (Å²) in [4.78, 5) is 0. The highest BCUT2D eigenvalue weighted by Crippen LogP contribution is 2.35. The van der Waals surface area contributed by atoms with Crippen molar-refractivity contribution in [1.29, 1.82) is 0 Å². The number of hydrogen-bond acceptors (Lipinski definition) is 3. The van der Waals surface area contributed by atoms with E-state index in [2.05, 4.69) is 19.2 Å². The molecule has 0 radical (unpaired) electrons. The second-order valence-electron chi connectivity index (χ2n) is 6.19. The Morgan fingerprint density at radius 2 is 2.16 bits per heavy atom. The molecule has 1 N–H and O–H groups in total. The summed E-state index contributed by atoms with van der Waals surface area (Å²) in [5.74, 6) is 1.60. The van der Waals surface area contributed by atoms with Gasteiger partial charge in [-0.1, -0.05) is 6.92 Å². The van der Waals surface area contributed by atoms with E-state index in [1.165, 1.54) is 38.5 Å². The van der Waals surface area contributed by atoms with Crippen LogP contribution < -0.4 is 5.32 Å². The van der Waals surface area contributed by atoms with Crippen LogP contribution in [0, 0.1) is 11.8 Å². The van der Waals surface area contributed by atoms with Gasteiger partial charge in [-0.25, -0.2) is 0 Å². The van der Waals surface area contributed by atoms with E-state index in [0.717, 1.165) is 38.2 Å². The Morgan fingerprint density at radius 3 is 2.79 bits per heavy atom. The van der Waals surface area contributed by atoms with E-state index < -0.39 is 0 Å². The standard InChI is InChI=1S/C16H31NO2/c1-3-7-17-16(14-6-5-8-18-12-14)11-13-9-15(10-13)19-4-2/h13-17H,3-12H2,1-2H3. The van der Waals surface area contributed by atoms with Crippen LogP contribution in [0.25, 0.3) is 0 Å². The molecule has 1 saturated carbocycles. The van der Waals surface area contributed by atoms with Gasteiger partial charge < -0.3 is 14.8 Å². The Kier molecular flexibility index (Phi) is 6.62. The van der Waals surface area contributed by atoms with Crippen molar-refractivity contribution in [2.24, 2.45) is 11.8 Å². The van der Waals surface area contributed by atoms with Crippen LogP contribution in [0.1, 0.15) is 52.4 Å². The summed E-state index contributed by atoms with van der Waals surface area (Å²) in [6.07, 6.45) is 8.19. The van der Waals surface area contributed by atoms with E-state index >= 15 is 0 Å². The first-order valence-corrected chi connectivity index (χ1v) is 8.26. The lowest BCUT2D eigenvalue weighted by atomic mass is 9.75. The number of ether oxygens (including phenoxy) is 2. The van der Waals surface area contributed by atoms with E-state index in [9.17, 15) is 0 Å². The van der Waals surface area contributed by atoms with Crippen LogP contribution in [-0.2, 0) is 9.47 Å². The molecular weight excluding hydrogens is 238 g/mol. The number of nitrogens with one attached hydrogen (secondary N) is 1. The third kappa shape index (κ3) is 4.73. The summed E-state index contributed by atoms with van der Waals surface area (Å²) in [7, 11) is 0. The molecule has 19 heavy (non-hydrogen) atoms. The fourth-order valence-corrected chi connectivity index (χ4v) is 3.45. The molecular formula is C16H31NO2. The lowest BCUT2D eigenvalue weighted by Crippen LogP contribution is -2.44. The van der Waals surface area contributed by atoms with Crippen LogP contribution >= 0.6 is 0 Å². The molecule has 2 aliphatic rings. The maximum atomic E-state index is 5.67. The summed E-state index contributed by atoms with van der Waals surface area (Å²) in [6, 6.07) is 0.660. The Hall–Kier alpha value is -0.120.